The maximum atomic E-state index is 12.7. The van der Waals surface area contributed by atoms with Crippen molar-refractivity contribution >= 4 is 17.7 Å². The maximum absolute atomic E-state index is 12.7. The summed E-state index contributed by atoms with van der Waals surface area (Å²) in [4.78, 5) is 12.7. The van der Waals surface area contributed by atoms with Gasteiger partial charge in [0.25, 0.3) is 0 Å². The molecular formula is C25H30N4O3S. The molecule has 2 heterocycles. The van der Waals surface area contributed by atoms with E-state index in [2.05, 4.69) is 15.5 Å². The summed E-state index contributed by atoms with van der Waals surface area (Å²) in [5.74, 6) is 0.916. The van der Waals surface area contributed by atoms with E-state index in [0.29, 0.717) is 13.0 Å². The fourth-order valence-corrected chi connectivity index (χ4v) is 4.78. The number of carbonyl (C=O) groups is 1. The second-order valence-corrected chi connectivity index (χ2v) is 9.55. The van der Waals surface area contributed by atoms with Crippen LogP contribution in [0.5, 0.6) is 0 Å². The lowest BCUT2D eigenvalue weighted by molar-refractivity contribution is -0.284. The van der Waals surface area contributed by atoms with Gasteiger partial charge in [0.2, 0.25) is 5.91 Å². The first-order valence-corrected chi connectivity index (χ1v) is 12.2. The van der Waals surface area contributed by atoms with Crippen molar-refractivity contribution in [2.24, 2.45) is 0 Å². The van der Waals surface area contributed by atoms with Gasteiger partial charge in [-0.25, -0.2) is 0 Å². The molecule has 0 spiro atoms. The molecule has 2 atom stereocenters. The quantitative estimate of drug-likeness (QED) is 0.390. The van der Waals surface area contributed by atoms with Crippen molar-refractivity contribution in [3.8, 4) is 5.69 Å². The summed E-state index contributed by atoms with van der Waals surface area (Å²) >= 11 is 1.61. The number of hydrogen-bond acceptors (Lipinski definition) is 6. The molecule has 1 aromatic heterocycles. The third kappa shape index (κ3) is 6.01. The van der Waals surface area contributed by atoms with Gasteiger partial charge in [0.15, 0.2) is 10.9 Å². The predicted molar refractivity (Wildman–Crippen MR) is 128 cm³/mol. The van der Waals surface area contributed by atoms with E-state index in [9.17, 15) is 4.79 Å². The topological polar surface area (TPSA) is 78.3 Å². The van der Waals surface area contributed by atoms with Crippen LogP contribution in [-0.4, -0.2) is 44.9 Å². The molecule has 1 saturated heterocycles. The third-order valence-electron chi connectivity index (χ3n) is 5.45. The van der Waals surface area contributed by atoms with Gasteiger partial charge < -0.3 is 14.8 Å². The number of rotatable bonds is 8. The summed E-state index contributed by atoms with van der Waals surface area (Å²) in [6.07, 6.45) is 0.903. The molecule has 1 aliphatic rings. The Morgan fingerprint density at radius 3 is 2.55 bits per heavy atom. The lowest BCUT2D eigenvalue weighted by Crippen LogP contribution is -2.51. The molecule has 1 aliphatic heterocycles. The monoisotopic (exact) mass is 466 g/mol. The molecule has 2 unspecified atom stereocenters. The van der Waals surface area contributed by atoms with Crippen LogP contribution in [0.25, 0.3) is 5.69 Å². The van der Waals surface area contributed by atoms with Crippen LogP contribution in [-0.2, 0) is 14.3 Å². The molecule has 4 rings (SSSR count). The van der Waals surface area contributed by atoms with Crippen LogP contribution in [0.1, 0.15) is 44.2 Å². The summed E-state index contributed by atoms with van der Waals surface area (Å²) in [5, 5.41) is 12.5. The number of nitrogens with zero attached hydrogens (tertiary/aromatic N) is 3. The van der Waals surface area contributed by atoms with Crippen molar-refractivity contribution in [2.75, 3.05) is 12.4 Å². The van der Waals surface area contributed by atoms with Crippen LogP contribution < -0.4 is 5.32 Å². The SMILES string of the molecule is Cc1nnc(SCCCC(=O)NC2COC(C)(C)OC2c2ccccc2)n1-c1ccccc1. The minimum Gasteiger partial charge on any atom is -0.348 e. The minimum atomic E-state index is -0.689. The Hall–Kier alpha value is -2.68. The molecule has 0 radical (unpaired) electrons. The van der Waals surface area contributed by atoms with Crippen molar-refractivity contribution in [1.29, 1.82) is 0 Å². The van der Waals surface area contributed by atoms with E-state index in [1.165, 1.54) is 0 Å². The normalized spacial score (nSPS) is 19.8. The Labute approximate surface area is 198 Å². The van der Waals surface area contributed by atoms with E-state index in [4.69, 9.17) is 9.47 Å². The number of para-hydroxylation sites is 1. The number of nitrogens with one attached hydrogen (secondary N) is 1. The Bertz CT molecular complexity index is 1060. The molecule has 1 fully saturated rings. The van der Waals surface area contributed by atoms with Gasteiger partial charge in [-0.05, 0) is 44.9 Å². The molecule has 2 aromatic carbocycles. The van der Waals surface area contributed by atoms with Crippen LogP contribution in [0.2, 0.25) is 0 Å². The fraction of sp³-hybridized carbons (Fsp3) is 0.400. The molecule has 1 N–H and O–H groups in total. The van der Waals surface area contributed by atoms with E-state index >= 15 is 0 Å². The van der Waals surface area contributed by atoms with Crippen LogP contribution in [0.3, 0.4) is 0 Å². The van der Waals surface area contributed by atoms with Crippen molar-refractivity contribution in [3.05, 3.63) is 72.1 Å². The van der Waals surface area contributed by atoms with Gasteiger partial charge in [0.05, 0.1) is 12.6 Å². The molecular weight excluding hydrogens is 436 g/mol. The summed E-state index contributed by atoms with van der Waals surface area (Å²) < 4.78 is 14.0. The second kappa shape index (κ2) is 10.5. The molecule has 8 heteroatoms. The van der Waals surface area contributed by atoms with Crippen molar-refractivity contribution in [1.82, 2.24) is 20.1 Å². The summed E-state index contributed by atoms with van der Waals surface area (Å²) in [6.45, 7) is 6.14. The highest BCUT2D eigenvalue weighted by Gasteiger charge is 2.38. The molecule has 0 saturated carbocycles. The predicted octanol–water partition coefficient (Wildman–Crippen LogP) is 4.46. The first-order valence-electron chi connectivity index (χ1n) is 11.2. The Kier molecular flexibility index (Phi) is 7.47. The number of amides is 1. The van der Waals surface area contributed by atoms with E-state index in [1.807, 2.05) is 86.0 Å². The van der Waals surface area contributed by atoms with E-state index in [1.54, 1.807) is 11.8 Å². The Morgan fingerprint density at radius 1 is 1.12 bits per heavy atom. The number of aromatic nitrogens is 3. The maximum Gasteiger partial charge on any atom is 0.220 e. The first kappa shape index (κ1) is 23.5. The summed E-state index contributed by atoms with van der Waals surface area (Å²) in [7, 11) is 0. The Balaban J connectivity index is 1.30. The average molecular weight is 467 g/mol. The third-order valence-corrected chi connectivity index (χ3v) is 6.47. The van der Waals surface area contributed by atoms with Crippen molar-refractivity contribution < 1.29 is 14.3 Å². The minimum absolute atomic E-state index is 0.00542. The zero-order chi connectivity index (χ0) is 23.3. The highest BCUT2D eigenvalue weighted by Crippen LogP contribution is 2.33. The molecule has 0 aliphatic carbocycles. The van der Waals surface area contributed by atoms with Gasteiger partial charge >= 0.3 is 0 Å². The van der Waals surface area contributed by atoms with Crippen molar-refractivity contribution in [3.63, 3.8) is 0 Å². The molecule has 174 valence electrons. The van der Waals surface area contributed by atoms with E-state index in [0.717, 1.165) is 34.4 Å². The highest BCUT2D eigenvalue weighted by atomic mass is 32.2. The zero-order valence-electron chi connectivity index (χ0n) is 19.2. The second-order valence-electron chi connectivity index (χ2n) is 8.49. The average Bonchev–Trinajstić information content (AvgIpc) is 3.19. The standard InChI is InChI=1S/C25H30N4O3S/c1-18-27-28-24(29(18)20-13-8-5-9-14-20)33-16-10-15-22(30)26-21-17-31-25(2,3)32-23(21)19-11-6-4-7-12-19/h4-9,11-14,21,23H,10,15-17H2,1-3H3,(H,26,30). The first-order chi connectivity index (χ1) is 15.9. The number of carbonyl (C=O) groups excluding carboxylic acids is 1. The van der Waals surface area contributed by atoms with Gasteiger partial charge in [-0.15, -0.1) is 10.2 Å². The number of aryl methyl sites for hydroxylation is 1. The molecule has 1 amide bonds. The van der Waals surface area contributed by atoms with Gasteiger partial charge in [0, 0.05) is 17.9 Å². The number of ether oxygens (including phenoxy) is 2. The summed E-state index contributed by atoms with van der Waals surface area (Å²) in [5.41, 5.74) is 2.07. The van der Waals surface area contributed by atoms with Crippen LogP contribution in [0.4, 0.5) is 0 Å². The molecule has 3 aromatic rings. The van der Waals surface area contributed by atoms with Gasteiger partial charge in [-0.2, -0.15) is 0 Å². The van der Waals surface area contributed by atoms with Crippen LogP contribution >= 0.6 is 11.8 Å². The number of thioether (sulfide) groups is 1. The zero-order valence-corrected chi connectivity index (χ0v) is 20.0. The Morgan fingerprint density at radius 2 is 1.82 bits per heavy atom. The lowest BCUT2D eigenvalue weighted by atomic mass is 10.0. The fourth-order valence-electron chi connectivity index (χ4n) is 3.85. The smallest absolute Gasteiger partial charge is 0.220 e. The van der Waals surface area contributed by atoms with E-state index < -0.39 is 5.79 Å². The number of hydrogen-bond donors (Lipinski definition) is 1. The van der Waals surface area contributed by atoms with Gasteiger partial charge in [-0.1, -0.05) is 60.3 Å². The highest BCUT2D eigenvalue weighted by molar-refractivity contribution is 7.99. The van der Waals surface area contributed by atoms with Crippen molar-refractivity contribution in [2.45, 2.75) is 56.7 Å². The molecule has 0 bridgehead atoms. The van der Waals surface area contributed by atoms with Gasteiger partial charge in [-0.3, -0.25) is 9.36 Å². The van der Waals surface area contributed by atoms with Gasteiger partial charge in [0.1, 0.15) is 11.9 Å². The summed E-state index contributed by atoms with van der Waals surface area (Å²) in [6, 6.07) is 19.8. The number of benzene rings is 2. The molecule has 7 nitrogen and oxygen atoms in total. The van der Waals surface area contributed by atoms with E-state index in [-0.39, 0.29) is 18.1 Å². The lowest BCUT2D eigenvalue weighted by Gasteiger charge is -2.41. The molecule has 33 heavy (non-hydrogen) atoms. The van der Waals surface area contributed by atoms with Crippen LogP contribution in [0, 0.1) is 6.92 Å². The largest absolute Gasteiger partial charge is 0.348 e. The van der Waals surface area contributed by atoms with Crippen LogP contribution in [0.15, 0.2) is 65.8 Å².